The SMILES string of the molecule is CN(Cc1ccc2c(c1)OCCO2)C(=O)c1ccc(=O)n(C)n1. The van der Waals surface area contributed by atoms with Gasteiger partial charge < -0.3 is 14.4 Å². The predicted molar refractivity (Wildman–Crippen MR) is 82.7 cm³/mol. The summed E-state index contributed by atoms with van der Waals surface area (Å²) in [4.78, 5) is 25.3. The maximum Gasteiger partial charge on any atom is 0.274 e. The molecule has 0 saturated heterocycles. The summed E-state index contributed by atoms with van der Waals surface area (Å²) in [7, 11) is 3.20. The van der Waals surface area contributed by atoms with Gasteiger partial charge in [0.1, 0.15) is 18.9 Å². The molecule has 0 aliphatic carbocycles. The van der Waals surface area contributed by atoms with E-state index in [1.165, 1.54) is 24.1 Å². The summed E-state index contributed by atoms with van der Waals surface area (Å²) < 4.78 is 12.2. The average Bonchev–Trinajstić information content (AvgIpc) is 2.56. The number of aromatic nitrogens is 2. The first-order valence-corrected chi connectivity index (χ1v) is 7.23. The number of carbonyl (C=O) groups is 1. The largest absolute Gasteiger partial charge is 0.486 e. The second kappa shape index (κ2) is 6.12. The molecule has 7 nitrogen and oxygen atoms in total. The lowest BCUT2D eigenvalue weighted by molar-refractivity contribution is 0.0776. The molecule has 1 amide bonds. The van der Waals surface area contributed by atoms with E-state index in [9.17, 15) is 9.59 Å². The molecule has 0 atom stereocenters. The number of benzene rings is 1. The first kappa shape index (κ1) is 15.1. The smallest absolute Gasteiger partial charge is 0.274 e. The number of amides is 1. The minimum atomic E-state index is -0.254. The zero-order chi connectivity index (χ0) is 16.4. The van der Waals surface area contributed by atoms with Gasteiger partial charge in [-0.3, -0.25) is 9.59 Å². The Hall–Kier alpha value is -2.83. The van der Waals surface area contributed by atoms with E-state index < -0.39 is 0 Å². The topological polar surface area (TPSA) is 73.7 Å². The predicted octanol–water partition coefficient (Wildman–Crippen LogP) is 0.824. The Morgan fingerprint density at radius 1 is 1.22 bits per heavy atom. The van der Waals surface area contributed by atoms with Gasteiger partial charge in [0, 0.05) is 26.7 Å². The highest BCUT2D eigenvalue weighted by Gasteiger charge is 2.16. The van der Waals surface area contributed by atoms with Crippen molar-refractivity contribution in [3.05, 3.63) is 51.9 Å². The minimum Gasteiger partial charge on any atom is -0.486 e. The Labute approximate surface area is 133 Å². The van der Waals surface area contributed by atoms with Crippen LogP contribution in [0.1, 0.15) is 16.1 Å². The number of ether oxygens (including phenoxy) is 2. The lowest BCUT2D eigenvalue weighted by atomic mass is 10.2. The molecule has 0 radical (unpaired) electrons. The first-order valence-electron chi connectivity index (χ1n) is 7.23. The van der Waals surface area contributed by atoms with E-state index in [0.717, 1.165) is 10.2 Å². The van der Waals surface area contributed by atoms with Gasteiger partial charge in [-0.1, -0.05) is 6.07 Å². The van der Waals surface area contributed by atoms with Crippen molar-refractivity contribution in [2.24, 2.45) is 7.05 Å². The molecule has 7 heteroatoms. The van der Waals surface area contributed by atoms with Crippen LogP contribution in [0.3, 0.4) is 0 Å². The van der Waals surface area contributed by atoms with Gasteiger partial charge in [0.25, 0.3) is 11.5 Å². The van der Waals surface area contributed by atoms with Crippen LogP contribution in [-0.2, 0) is 13.6 Å². The zero-order valence-corrected chi connectivity index (χ0v) is 13.0. The Morgan fingerprint density at radius 3 is 2.70 bits per heavy atom. The fraction of sp³-hybridized carbons (Fsp3) is 0.312. The molecule has 1 aromatic carbocycles. The molecule has 0 bridgehead atoms. The lowest BCUT2D eigenvalue weighted by Gasteiger charge is -2.21. The van der Waals surface area contributed by atoms with Gasteiger partial charge in [-0.2, -0.15) is 5.10 Å². The molecule has 1 aliphatic rings. The van der Waals surface area contributed by atoms with Gasteiger partial charge in [0.2, 0.25) is 0 Å². The van der Waals surface area contributed by atoms with Gasteiger partial charge in [-0.25, -0.2) is 4.68 Å². The maximum atomic E-state index is 12.4. The molecule has 0 saturated carbocycles. The molecule has 0 unspecified atom stereocenters. The third-order valence-corrected chi connectivity index (χ3v) is 3.55. The van der Waals surface area contributed by atoms with Crippen molar-refractivity contribution in [3.63, 3.8) is 0 Å². The summed E-state index contributed by atoms with van der Waals surface area (Å²) in [6, 6.07) is 8.37. The average molecular weight is 315 g/mol. The maximum absolute atomic E-state index is 12.4. The van der Waals surface area contributed by atoms with E-state index in [4.69, 9.17) is 9.47 Å². The number of nitrogens with zero attached hydrogens (tertiary/aromatic N) is 3. The molecular formula is C16H17N3O4. The van der Waals surface area contributed by atoms with Crippen LogP contribution in [0.5, 0.6) is 11.5 Å². The van der Waals surface area contributed by atoms with Gasteiger partial charge in [-0.15, -0.1) is 0 Å². The van der Waals surface area contributed by atoms with Crippen molar-refractivity contribution >= 4 is 5.91 Å². The molecule has 0 fully saturated rings. The van der Waals surface area contributed by atoms with E-state index in [1.54, 1.807) is 7.05 Å². The summed E-state index contributed by atoms with van der Waals surface area (Å²) in [6.45, 7) is 1.47. The molecule has 23 heavy (non-hydrogen) atoms. The van der Waals surface area contributed by atoms with Crippen LogP contribution in [0.15, 0.2) is 35.1 Å². The van der Waals surface area contributed by atoms with Gasteiger partial charge in [0.05, 0.1) is 0 Å². The van der Waals surface area contributed by atoms with Gasteiger partial charge in [-0.05, 0) is 23.8 Å². The molecule has 2 aromatic rings. The zero-order valence-electron chi connectivity index (χ0n) is 13.0. The summed E-state index contributed by atoms with van der Waals surface area (Å²) >= 11 is 0. The lowest BCUT2D eigenvalue weighted by Crippen LogP contribution is -2.30. The highest BCUT2D eigenvalue weighted by Crippen LogP contribution is 2.31. The second-order valence-corrected chi connectivity index (χ2v) is 5.32. The standard InChI is InChI=1S/C16H17N3O4/c1-18(16(21)12-4-6-15(20)19(2)17-12)10-11-3-5-13-14(9-11)23-8-7-22-13/h3-6,9H,7-8,10H2,1-2H3. The number of hydrogen-bond donors (Lipinski definition) is 0. The van der Waals surface area contributed by atoms with E-state index in [2.05, 4.69) is 5.10 Å². The summed E-state index contributed by atoms with van der Waals surface area (Å²) in [6.07, 6.45) is 0. The molecule has 120 valence electrons. The number of fused-ring (bicyclic) bond motifs is 1. The molecule has 0 spiro atoms. The van der Waals surface area contributed by atoms with Gasteiger partial charge in [0.15, 0.2) is 11.5 Å². The summed E-state index contributed by atoms with van der Waals surface area (Å²) in [5.74, 6) is 1.15. The van der Waals surface area contributed by atoms with Crippen LogP contribution < -0.4 is 15.0 Å². The number of rotatable bonds is 3. The molecule has 1 aromatic heterocycles. The van der Waals surface area contributed by atoms with Crippen molar-refractivity contribution in [1.82, 2.24) is 14.7 Å². The number of hydrogen-bond acceptors (Lipinski definition) is 5. The monoisotopic (exact) mass is 315 g/mol. The van der Waals surface area contributed by atoms with Crippen LogP contribution in [-0.4, -0.2) is 40.8 Å². The Morgan fingerprint density at radius 2 is 1.96 bits per heavy atom. The third kappa shape index (κ3) is 3.18. The molecule has 1 aliphatic heterocycles. The number of aryl methyl sites for hydroxylation is 1. The van der Waals surface area contributed by atoms with Gasteiger partial charge >= 0.3 is 0 Å². The third-order valence-electron chi connectivity index (χ3n) is 3.55. The van der Waals surface area contributed by atoms with Crippen LogP contribution >= 0.6 is 0 Å². The minimum absolute atomic E-state index is 0.229. The first-order chi connectivity index (χ1) is 11.0. The van der Waals surface area contributed by atoms with Crippen molar-refractivity contribution < 1.29 is 14.3 Å². The Bertz CT molecular complexity index is 800. The fourth-order valence-electron chi connectivity index (χ4n) is 2.34. The normalized spacial score (nSPS) is 12.8. The van der Waals surface area contributed by atoms with Crippen molar-refractivity contribution in [3.8, 4) is 11.5 Å². The van der Waals surface area contributed by atoms with Crippen molar-refractivity contribution in [1.29, 1.82) is 0 Å². The van der Waals surface area contributed by atoms with E-state index in [-0.39, 0.29) is 17.2 Å². The Kier molecular flexibility index (Phi) is 4.01. The van der Waals surface area contributed by atoms with Crippen LogP contribution in [0.4, 0.5) is 0 Å². The Balaban J connectivity index is 1.75. The van der Waals surface area contributed by atoms with E-state index in [1.807, 2.05) is 18.2 Å². The van der Waals surface area contributed by atoms with E-state index >= 15 is 0 Å². The summed E-state index contributed by atoms with van der Waals surface area (Å²) in [5.41, 5.74) is 0.901. The number of carbonyl (C=O) groups excluding carboxylic acids is 1. The molecule has 0 N–H and O–H groups in total. The van der Waals surface area contributed by atoms with Crippen LogP contribution in [0.25, 0.3) is 0 Å². The van der Waals surface area contributed by atoms with Crippen LogP contribution in [0.2, 0.25) is 0 Å². The van der Waals surface area contributed by atoms with Crippen LogP contribution in [0, 0.1) is 0 Å². The molecule has 3 rings (SSSR count). The molecule has 2 heterocycles. The molecular weight excluding hydrogens is 298 g/mol. The van der Waals surface area contributed by atoms with E-state index in [0.29, 0.717) is 31.3 Å². The van der Waals surface area contributed by atoms with Crippen molar-refractivity contribution in [2.75, 3.05) is 20.3 Å². The second-order valence-electron chi connectivity index (χ2n) is 5.32. The quantitative estimate of drug-likeness (QED) is 0.838. The highest BCUT2D eigenvalue weighted by molar-refractivity contribution is 5.91. The fourth-order valence-corrected chi connectivity index (χ4v) is 2.34. The van der Waals surface area contributed by atoms with Crippen molar-refractivity contribution in [2.45, 2.75) is 6.54 Å². The highest BCUT2D eigenvalue weighted by atomic mass is 16.6. The summed E-state index contributed by atoms with van der Waals surface area (Å²) in [5, 5.41) is 3.97.